The normalized spacial score (nSPS) is 13.5. The summed E-state index contributed by atoms with van der Waals surface area (Å²) < 4.78 is 1.47. The average Bonchev–Trinajstić information content (AvgIpc) is 3.11. The van der Waals surface area contributed by atoms with Crippen LogP contribution in [-0.2, 0) is 0 Å². The quantitative estimate of drug-likeness (QED) is 0.380. The zero-order valence-corrected chi connectivity index (χ0v) is 14.9. The van der Waals surface area contributed by atoms with Gasteiger partial charge in [-0.05, 0) is 101 Å². The molecule has 0 spiro atoms. The lowest BCUT2D eigenvalue weighted by molar-refractivity contribution is 1.10. The van der Waals surface area contributed by atoms with E-state index in [1.165, 1.54) is 25.9 Å². The Morgan fingerprint density at radius 2 is 1.84 bits per heavy atom. The van der Waals surface area contributed by atoms with Crippen LogP contribution in [-0.4, -0.2) is 0 Å². The van der Waals surface area contributed by atoms with E-state index in [0.717, 1.165) is 12.8 Å². The summed E-state index contributed by atoms with van der Waals surface area (Å²) in [4.78, 5) is 0. The fraction of sp³-hybridized carbons (Fsp3) is 0.250. The number of allylic oxidation sites excluding steroid dienone is 3. The summed E-state index contributed by atoms with van der Waals surface area (Å²) in [5.74, 6) is 0. The van der Waals surface area contributed by atoms with Gasteiger partial charge in [-0.15, -0.1) is 0 Å². The second-order valence-corrected chi connectivity index (χ2v) is 7.08. The van der Waals surface area contributed by atoms with Crippen molar-refractivity contribution in [1.29, 1.82) is 0 Å². The molecule has 0 saturated heterocycles. The molecule has 0 bridgehead atoms. The summed E-state index contributed by atoms with van der Waals surface area (Å²) in [6.45, 7) is 4.48. The van der Waals surface area contributed by atoms with E-state index in [1.54, 1.807) is 22.7 Å². The molecule has 0 aliphatic rings. The lowest BCUT2D eigenvalue weighted by Gasteiger charge is -2.12. The molecule has 0 fully saturated rings. The Morgan fingerprint density at radius 3 is 2.37 bits per heavy atom. The molecule has 3 heteroatoms. The van der Waals surface area contributed by atoms with Crippen molar-refractivity contribution >= 4 is 56.9 Å². The first-order valence-electron chi connectivity index (χ1n) is 6.40. The minimum atomic E-state index is 1.08. The second-order valence-electron chi connectivity index (χ2n) is 4.22. The van der Waals surface area contributed by atoms with Gasteiger partial charge < -0.3 is 0 Å². The summed E-state index contributed by atoms with van der Waals surface area (Å²) in [6.07, 6.45) is 4.51. The van der Waals surface area contributed by atoms with E-state index in [0.29, 0.717) is 0 Å². The molecule has 0 amide bonds. The molecule has 0 aromatic carbocycles. The highest BCUT2D eigenvalue weighted by molar-refractivity contribution is 14.1. The van der Waals surface area contributed by atoms with Crippen molar-refractivity contribution in [2.45, 2.75) is 26.7 Å². The van der Waals surface area contributed by atoms with Crippen LogP contribution in [0.3, 0.4) is 0 Å². The summed E-state index contributed by atoms with van der Waals surface area (Å²) in [5, 5.41) is 8.74. The molecule has 100 valence electrons. The third kappa shape index (κ3) is 3.80. The van der Waals surface area contributed by atoms with Gasteiger partial charge in [-0.3, -0.25) is 0 Å². The zero-order chi connectivity index (χ0) is 13.7. The summed E-state index contributed by atoms with van der Waals surface area (Å²) >= 11 is 6.01. The summed E-state index contributed by atoms with van der Waals surface area (Å²) in [7, 11) is 0. The third-order valence-corrected chi connectivity index (χ3v) is 5.80. The van der Waals surface area contributed by atoms with Gasteiger partial charge in [0.2, 0.25) is 0 Å². The lowest BCUT2D eigenvalue weighted by Crippen LogP contribution is -1.90. The standard InChI is InChI=1S/C16H17IS2/c1-3-14(16(17)4-2)15(13-6-8-19-11-13)9-12-5-7-18-10-12/h5-11H,3-4H2,1-2H3/b15-9+,16-14-. The van der Waals surface area contributed by atoms with Crippen LogP contribution in [0, 0.1) is 0 Å². The molecule has 19 heavy (non-hydrogen) atoms. The Morgan fingerprint density at radius 1 is 1.11 bits per heavy atom. The summed E-state index contributed by atoms with van der Waals surface area (Å²) in [6, 6.07) is 4.40. The molecule has 0 unspecified atom stereocenters. The maximum atomic E-state index is 2.49. The van der Waals surface area contributed by atoms with E-state index >= 15 is 0 Å². The van der Waals surface area contributed by atoms with Crippen molar-refractivity contribution in [1.82, 2.24) is 0 Å². The van der Waals surface area contributed by atoms with Gasteiger partial charge >= 0.3 is 0 Å². The number of hydrogen-bond donors (Lipinski definition) is 0. The highest BCUT2D eigenvalue weighted by Crippen LogP contribution is 2.34. The number of thiophene rings is 2. The van der Waals surface area contributed by atoms with E-state index in [2.05, 4.69) is 76.2 Å². The molecule has 2 heterocycles. The maximum Gasteiger partial charge on any atom is -0.00146 e. The molecule has 0 nitrogen and oxygen atoms in total. The van der Waals surface area contributed by atoms with Gasteiger partial charge in [-0.2, -0.15) is 22.7 Å². The van der Waals surface area contributed by atoms with Crippen molar-refractivity contribution in [2.24, 2.45) is 0 Å². The smallest absolute Gasteiger partial charge is 0.00146 e. The van der Waals surface area contributed by atoms with Crippen LogP contribution in [0.2, 0.25) is 0 Å². The van der Waals surface area contributed by atoms with Gasteiger partial charge in [0.15, 0.2) is 0 Å². The van der Waals surface area contributed by atoms with Crippen LogP contribution in [0.4, 0.5) is 0 Å². The largest absolute Gasteiger partial charge is 0.152 e. The van der Waals surface area contributed by atoms with E-state index in [9.17, 15) is 0 Å². The SMILES string of the molecule is CC/C(I)=C(CC)/C(=C/c1ccsc1)c1ccsc1. The van der Waals surface area contributed by atoms with Crippen LogP contribution in [0.5, 0.6) is 0 Å². The average molecular weight is 400 g/mol. The highest BCUT2D eigenvalue weighted by atomic mass is 127. The maximum absolute atomic E-state index is 2.49. The molecule has 2 rings (SSSR count). The first-order valence-corrected chi connectivity index (χ1v) is 9.37. The third-order valence-electron chi connectivity index (χ3n) is 3.00. The van der Waals surface area contributed by atoms with Gasteiger partial charge in [-0.25, -0.2) is 0 Å². The number of halogens is 1. The fourth-order valence-corrected chi connectivity index (χ4v) is 3.97. The van der Waals surface area contributed by atoms with E-state index in [1.807, 2.05) is 0 Å². The van der Waals surface area contributed by atoms with Gasteiger partial charge in [0.25, 0.3) is 0 Å². The molecule has 0 aliphatic carbocycles. The number of hydrogen-bond acceptors (Lipinski definition) is 2. The van der Waals surface area contributed by atoms with Gasteiger partial charge in [0.1, 0.15) is 0 Å². The van der Waals surface area contributed by atoms with Crippen molar-refractivity contribution < 1.29 is 0 Å². The second kappa shape index (κ2) is 7.41. The van der Waals surface area contributed by atoms with Gasteiger partial charge in [0.05, 0.1) is 0 Å². The van der Waals surface area contributed by atoms with E-state index < -0.39 is 0 Å². The molecule has 0 aliphatic heterocycles. The Labute approximate surface area is 137 Å². The topological polar surface area (TPSA) is 0 Å². The van der Waals surface area contributed by atoms with Crippen molar-refractivity contribution in [3.8, 4) is 0 Å². The van der Waals surface area contributed by atoms with Crippen LogP contribution in [0.15, 0.2) is 42.8 Å². The monoisotopic (exact) mass is 400 g/mol. The highest BCUT2D eigenvalue weighted by Gasteiger charge is 2.11. The minimum Gasteiger partial charge on any atom is -0.152 e. The number of rotatable bonds is 5. The van der Waals surface area contributed by atoms with Crippen LogP contribution in [0.1, 0.15) is 37.8 Å². The van der Waals surface area contributed by atoms with Crippen LogP contribution < -0.4 is 0 Å². The predicted molar refractivity (Wildman–Crippen MR) is 98.1 cm³/mol. The Kier molecular flexibility index (Phi) is 5.85. The zero-order valence-electron chi connectivity index (χ0n) is 11.2. The molecule has 0 atom stereocenters. The molecule has 0 radical (unpaired) electrons. The Bertz CT molecular complexity index is 560. The molecular weight excluding hydrogens is 383 g/mol. The van der Waals surface area contributed by atoms with Crippen LogP contribution >= 0.6 is 45.3 Å². The molecule has 2 aromatic heterocycles. The first kappa shape index (κ1) is 15.0. The minimum absolute atomic E-state index is 1.08. The van der Waals surface area contributed by atoms with Crippen LogP contribution in [0.25, 0.3) is 11.6 Å². The lowest BCUT2D eigenvalue weighted by atomic mass is 9.95. The predicted octanol–water partition coefficient (Wildman–Crippen LogP) is 6.86. The van der Waals surface area contributed by atoms with Crippen molar-refractivity contribution in [3.63, 3.8) is 0 Å². The fourth-order valence-electron chi connectivity index (χ4n) is 2.03. The van der Waals surface area contributed by atoms with E-state index in [4.69, 9.17) is 0 Å². The molecule has 0 saturated carbocycles. The van der Waals surface area contributed by atoms with E-state index in [-0.39, 0.29) is 0 Å². The van der Waals surface area contributed by atoms with Gasteiger partial charge in [0, 0.05) is 0 Å². The molecular formula is C16H17IS2. The first-order chi connectivity index (χ1) is 9.26. The Balaban J connectivity index is 2.52. The Hall–Kier alpha value is -0.390. The molecule has 0 N–H and O–H groups in total. The molecule has 2 aromatic rings. The van der Waals surface area contributed by atoms with Gasteiger partial charge in [-0.1, -0.05) is 13.8 Å². The van der Waals surface area contributed by atoms with Crippen molar-refractivity contribution in [3.05, 3.63) is 53.9 Å². The summed E-state index contributed by atoms with van der Waals surface area (Å²) in [5.41, 5.74) is 5.51. The van der Waals surface area contributed by atoms with Crippen molar-refractivity contribution in [2.75, 3.05) is 0 Å².